The van der Waals surface area contributed by atoms with E-state index in [9.17, 15) is 22.8 Å². The number of carbonyl (C=O) groups is 1. The lowest BCUT2D eigenvalue weighted by molar-refractivity contribution is -0.181. The van der Waals surface area contributed by atoms with Crippen LogP contribution in [0.2, 0.25) is 0 Å². The highest BCUT2D eigenvalue weighted by atomic mass is 19.4. The van der Waals surface area contributed by atoms with Gasteiger partial charge in [0.15, 0.2) is 0 Å². The summed E-state index contributed by atoms with van der Waals surface area (Å²) >= 11 is 0. The van der Waals surface area contributed by atoms with Crippen LogP contribution in [0.5, 0.6) is 0 Å². The molecule has 8 heteroatoms. The first kappa shape index (κ1) is 23.2. The Kier molecular flexibility index (Phi) is 6.81. The Hall–Kier alpha value is -3.42. The Labute approximate surface area is 183 Å². The van der Waals surface area contributed by atoms with Crippen molar-refractivity contribution in [3.8, 4) is 0 Å². The average molecular weight is 443 g/mol. The van der Waals surface area contributed by atoms with Gasteiger partial charge in [0.05, 0.1) is 22.9 Å². The molecule has 3 aromatic rings. The third kappa shape index (κ3) is 5.43. The van der Waals surface area contributed by atoms with Gasteiger partial charge in [0, 0.05) is 17.5 Å². The van der Waals surface area contributed by atoms with Gasteiger partial charge < -0.3 is 5.32 Å². The van der Waals surface area contributed by atoms with Crippen molar-refractivity contribution in [1.29, 1.82) is 0 Å². The van der Waals surface area contributed by atoms with Crippen LogP contribution >= 0.6 is 0 Å². The van der Waals surface area contributed by atoms with Crippen LogP contribution in [0.1, 0.15) is 32.0 Å². The molecule has 5 nitrogen and oxygen atoms in total. The number of carbonyl (C=O) groups excluding carboxylic acids is 1. The molecule has 2 aromatic carbocycles. The van der Waals surface area contributed by atoms with E-state index in [-0.39, 0.29) is 5.56 Å². The van der Waals surface area contributed by atoms with E-state index in [0.29, 0.717) is 34.1 Å². The summed E-state index contributed by atoms with van der Waals surface area (Å²) in [4.78, 5) is 24.7. The maximum absolute atomic E-state index is 13.3. The van der Waals surface area contributed by atoms with Crippen molar-refractivity contribution in [3.05, 3.63) is 81.8 Å². The highest BCUT2D eigenvalue weighted by Crippen LogP contribution is 2.33. The van der Waals surface area contributed by atoms with Crippen LogP contribution in [-0.4, -0.2) is 22.3 Å². The van der Waals surface area contributed by atoms with Crippen LogP contribution in [0.15, 0.2) is 65.0 Å². The fourth-order valence-corrected chi connectivity index (χ4v) is 3.49. The number of allylic oxidation sites excluding steroid dienone is 1. The number of hydrogen-bond donors (Lipinski definition) is 2. The Morgan fingerprint density at radius 1 is 1.12 bits per heavy atom. The van der Waals surface area contributed by atoms with E-state index in [1.807, 2.05) is 12.1 Å². The quantitative estimate of drug-likeness (QED) is 0.512. The van der Waals surface area contributed by atoms with Crippen molar-refractivity contribution in [2.75, 3.05) is 5.32 Å². The number of alkyl halides is 3. The van der Waals surface area contributed by atoms with Gasteiger partial charge in [0.25, 0.3) is 5.56 Å². The normalized spacial score (nSPS) is 13.4. The second-order valence-electron chi connectivity index (χ2n) is 8.01. The summed E-state index contributed by atoms with van der Waals surface area (Å²) in [5.41, 5.74) is 2.18. The van der Waals surface area contributed by atoms with Gasteiger partial charge in [-0.1, -0.05) is 48.9 Å². The molecule has 1 heterocycles. The number of amides is 1. The van der Waals surface area contributed by atoms with E-state index >= 15 is 0 Å². The molecule has 1 aromatic heterocycles. The Morgan fingerprint density at radius 3 is 2.47 bits per heavy atom. The summed E-state index contributed by atoms with van der Waals surface area (Å²) in [6.07, 6.45) is -2.78. The molecule has 168 valence electrons. The molecule has 2 atom stereocenters. The molecule has 0 aliphatic heterocycles. The van der Waals surface area contributed by atoms with Gasteiger partial charge in [-0.15, -0.1) is 0 Å². The van der Waals surface area contributed by atoms with E-state index in [4.69, 9.17) is 0 Å². The average Bonchev–Trinajstić information content (AvgIpc) is 2.73. The maximum Gasteiger partial charge on any atom is 0.392 e. The lowest BCUT2D eigenvalue weighted by atomic mass is 9.90. The number of aromatic nitrogens is 2. The third-order valence-electron chi connectivity index (χ3n) is 5.21. The zero-order valence-corrected chi connectivity index (χ0v) is 18.0. The zero-order chi connectivity index (χ0) is 23.5. The summed E-state index contributed by atoms with van der Waals surface area (Å²) in [6, 6.07) is 13.9. The van der Waals surface area contributed by atoms with Crippen LogP contribution in [0, 0.1) is 11.8 Å². The minimum atomic E-state index is -4.49. The van der Waals surface area contributed by atoms with Gasteiger partial charge in [-0.3, -0.25) is 9.59 Å². The molecule has 0 aliphatic carbocycles. The van der Waals surface area contributed by atoms with Gasteiger partial charge in [-0.2, -0.15) is 18.3 Å². The number of aromatic amines is 1. The molecular formula is C24H24F3N3O2. The third-order valence-corrected chi connectivity index (χ3v) is 5.21. The molecule has 2 N–H and O–H groups in total. The van der Waals surface area contributed by atoms with Crippen molar-refractivity contribution in [3.63, 3.8) is 0 Å². The summed E-state index contributed by atoms with van der Waals surface area (Å²) in [7, 11) is 0. The van der Waals surface area contributed by atoms with Crippen LogP contribution in [0.4, 0.5) is 18.9 Å². The number of halogens is 3. The summed E-state index contributed by atoms with van der Waals surface area (Å²) in [5.74, 6) is -3.88. The first-order valence-corrected chi connectivity index (χ1v) is 10.1. The Bertz CT molecular complexity index is 1210. The molecule has 0 saturated carbocycles. The van der Waals surface area contributed by atoms with Crippen LogP contribution in [0.25, 0.3) is 10.8 Å². The fourth-order valence-electron chi connectivity index (χ4n) is 3.49. The monoisotopic (exact) mass is 443 g/mol. The molecule has 2 unspecified atom stereocenters. The number of nitrogens with zero attached hydrogens (tertiary/aromatic N) is 1. The molecule has 0 aliphatic rings. The number of H-pyrrole nitrogens is 1. The lowest BCUT2D eigenvalue weighted by Gasteiger charge is -2.23. The van der Waals surface area contributed by atoms with E-state index in [0.717, 1.165) is 12.5 Å². The fraction of sp³-hybridized carbons (Fsp3) is 0.292. The molecule has 0 spiro atoms. The van der Waals surface area contributed by atoms with Gasteiger partial charge >= 0.3 is 6.18 Å². The highest BCUT2D eigenvalue weighted by molar-refractivity contribution is 5.94. The Balaban J connectivity index is 1.85. The van der Waals surface area contributed by atoms with Crippen molar-refractivity contribution >= 4 is 22.4 Å². The van der Waals surface area contributed by atoms with E-state index in [1.165, 1.54) is 6.08 Å². The van der Waals surface area contributed by atoms with Crippen molar-refractivity contribution in [2.45, 2.75) is 33.4 Å². The predicted molar refractivity (Wildman–Crippen MR) is 118 cm³/mol. The van der Waals surface area contributed by atoms with Crippen molar-refractivity contribution < 1.29 is 18.0 Å². The maximum atomic E-state index is 13.3. The molecule has 1 amide bonds. The van der Waals surface area contributed by atoms with Crippen LogP contribution in [-0.2, 0) is 11.2 Å². The van der Waals surface area contributed by atoms with Gasteiger partial charge in [0.2, 0.25) is 5.91 Å². The van der Waals surface area contributed by atoms with Crippen LogP contribution < -0.4 is 10.9 Å². The first-order valence-electron chi connectivity index (χ1n) is 10.1. The summed E-state index contributed by atoms with van der Waals surface area (Å²) in [5, 5.41) is 10.5. The molecule has 0 saturated heterocycles. The highest BCUT2D eigenvalue weighted by Gasteiger charge is 2.43. The topological polar surface area (TPSA) is 74.8 Å². The number of benzene rings is 2. The molecule has 3 rings (SSSR count). The smallest absolute Gasteiger partial charge is 0.326 e. The predicted octanol–water partition coefficient (Wildman–Crippen LogP) is 5.23. The Morgan fingerprint density at radius 2 is 1.81 bits per heavy atom. The number of anilines is 1. The van der Waals surface area contributed by atoms with Crippen LogP contribution in [0.3, 0.4) is 0 Å². The summed E-state index contributed by atoms with van der Waals surface area (Å²) < 4.78 is 39.8. The molecule has 0 radical (unpaired) electrons. The number of fused-ring (bicyclic) bond motifs is 1. The molecular weight excluding hydrogens is 419 g/mol. The zero-order valence-electron chi connectivity index (χ0n) is 18.0. The van der Waals surface area contributed by atoms with E-state index in [1.54, 1.807) is 50.2 Å². The minimum absolute atomic E-state index is 0.283. The van der Waals surface area contributed by atoms with Gasteiger partial charge in [-0.05, 0) is 37.6 Å². The molecule has 0 bridgehead atoms. The summed E-state index contributed by atoms with van der Waals surface area (Å²) in [6.45, 7) is 4.32. The number of hydrogen-bond acceptors (Lipinski definition) is 3. The molecule has 32 heavy (non-hydrogen) atoms. The van der Waals surface area contributed by atoms with E-state index in [2.05, 4.69) is 15.5 Å². The van der Waals surface area contributed by atoms with Gasteiger partial charge in [-0.25, -0.2) is 5.10 Å². The van der Waals surface area contributed by atoms with Crippen molar-refractivity contribution in [2.24, 2.45) is 11.8 Å². The second kappa shape index (κ2) is 9.38. The lowest BCUT2D eigenvalue weighted by Crippen LogP contribution is -2.35. The molecule has 0 fully saturated rings. The standard InChI is InChI=1S/C24H24F3N3O2/c1-14(2)11-20(15(3)24(25,26)27)22(31)28-17-8-6-7-16(12-17)13-21-18-9-4-5-10-19(18)23(32)30-29-21/h4-12,15,20H,13H2,1-3H3,(H,28,31)(H,30,32). The first-order chi connectivity index (χ1) is 15.1. The second-order valence-corrected chi connectivity index (χ2v) is 8.01. The largest absolute Gasteiger partial charge is 0.392 e. The minimum Gasteiger partial charge on any atom is -0.326 e. The van der Waals surface area contributed by atoms with Gasteiger partial charge in [0.1, 0.15) is 0 Å². The number of rotatable bonds is 6. The number of nitrogens with one attached hydrogen (secondary N) is 2. The van der Waals surface area contributed by atoms with E-state index < -0.39 is 23.9 Å². The van der Waals surface area contributed by atoms with Crippen molar-refractivity contribution in [1.82, 2.24) is 10.2 Å². The SMILES string of the molecule is CC(C)=CC(C(=O)Nc1cccc(Cc2n[nH]c(=O)c3ccccc23)c1)C(C)C(F)(F)F.